The zero-order valence-corrected chi connectivity index (χ0v) is 10.1. The summed E-state index contributed by atoms with van der Waals surface area (Å²) in [5.41, 5.74) is 8.93. The van der Waals surface area contributed by atoms with Gasteiger partial charge in [-0.2, -0.15) is 4.98 Å². The van der Waals surface area contributed by atoms with Crippen LogP contribution in [0.4, 0.5) is 11.8 Å². The van der Waals surface area contributed by atoms with Crippen LogP contribution in [0.2, 0.25) is 0 Å². The number of rotatable bonds is 3. The Morgan fingerprint density at radius 1 is 1.18 bits per heavy atom. The van der Waals surface area contributed by atoms with E-state index in [1.165, 1.54) is 11.1 Å². The molecule has 1 aromatic carbocycles. The van der Waals surface area contributed by atoms with Crippen molar-refractivity contribution in [2.75, 3.05) is 11.1 Å². The second-order valence-corrected chi connectivity index (χ2v) is 4.10. The van der Waals surface area contributed by atoms with Gasteiger partial charge in [-0.15, -0.1) is 0 Å². The van der Waals surface area contributed by atoms with Gasteiger partial charge < -0.3 is 11.1 Å². The van der Waals surface area contributed by atoms with Gasteiger partial charge in [-0.1, -0.05) is 29.8 Å². The highest BCUT2D eigenvalue weighted by atomic mass is 15.1. The van der Waals surface area contributed by atoms with Crippen molar-refractivity contribution in [2.45, 2.75) is 20.4 Å². The van der Waals surface area contributed by atoms with Gasteiger partial charge in [0.2, 0.25) is 5.95 Å². The molecule has 88 valence electrons. The minimum Gasteiger partial charge on any atom is -0.368 e. The van der Waals surface area contributed by atoms with Crippen molar-refractivity contribution in [1.82, 2.24) is 9.97 Å². The van der Waals surface area contributed by atoms with E-state index < -0.39 is 0 Å². The standard InChI is InChI=1S/C13H16N4/c1-9-4-3-5-11(6-9)8-15-12-7-10(2)16-13(14)17-12/h3-7H,8H2,1-2H3,(H3,14,15,16,17). The zero-order valence-electron chi connectivity index (χ0n) is 10.1. The van der Waals surface area contributed by atoms with Gasteiger partial charge in [-0.05, 0) is 19.4 Å². The maximum Gasteiger partial charge on any atom is 0.222 e. The second kappa shape index (κ2) is 4.82. The van der Waals surface area contributed by atoms with Gasteiger partial charge in [0.15, 0.2) is 0 Å². The summed E-state index contributed by atoms with van der Waals surface area (Å²) in [5.74, 6) is 1.06. The van der Waals surface area contributed by atoms with Crippen LogP contribution in [0, 0.1) is 13.8 Å². The number of hydrogen-bond acceptors (Lipinski definition) is 4. The van der Waals surface area contributed by atoms with Crippen molar-refractivity contribution >= 4 is 11.8 Å². The lowest BCUT2D eigenvalue weighted by Crippen LogP contribution is -2.05. The molecule has 0 aliphatic carbocycles. The third-order valence-electron chi connectivity index (χ3n) is 2.43. The van der Waals surface area contributed by atoms with Crippen LogP contribution in [0.5, 0.6) is 0 Å². The quantitative estimate of drug-likeness (QED) is 0.846. The minimum atomic E-state index is 0.303. The lowest BCUT2D eigenvalue weighted by molar-refractivity contribution is 1.06. The fourth-order valence-electron chi connectivity index (χ4n) is 1.70. The Bertz CT molecular complexity index is 502. The molecule has 0 saturated carbocycles. The third-order valence-corrected chi connectivity index (χ3v) is 2.43. The summed E-state index contributed by atoms with van der Waals surface area (Å²) in [6.45, 7) is 4.71. The van der Waals surface area contributed by atoms with Crippen LogP contribution in [-0.2, 0) is 6.54 Å². The molecule has 0 saturated heterocycles. The monoisotopic (exact) mass is 228 g/mol. The largest absolute Gasteiger partial charge is 0.368 e. The number of benzene rings is 1. The first-order chi connectivity index (χ1) is 8.13. The number of anilines is 2. The molecule has 0 radical (unpaired) electrons. The van der Waals surface area contributed by atoms with E-state index in [4.69, 9.17) is 5.73 Å². The summed E-state index contributed by atoms with van der Waals surface area (Å²) in [6, 6.07) is 10.2. The first-order valence-corrected chi connectivity index (χ1v) is 5.54. The van der Waals surface area contributed by atoms with Crippen molar-refractivity contribution in [3.05, 3.63) is 47.2 Å². The lowest BCUT2D eigenvalue weighted by Gasteiger charge is -2.07. The molecule has 0 bridgehead atoms. The molecule has 4 heteroatoms. The van der Waals surface area contributed by atoms with E-state index in [9.17, 15) is 0 Å². The molecule has 1 aromatic heterocycles. The second-order valence-electron chi connectivity index (χ2n) is 4.10. The van der Waals surface area contributed by atoms with Crippen LogP contribution < -0.4 is 11.1 Å². The van der Waals surface area contributed by atoms with E-state index in [0.717, 1.165) is 18.1 Å². The predicted molar refractivity (Wildman–Crippen MR) is 69.7 cm³/mol. The third kappa shape index (κ3) is 3.17. The number of aromatic nitrogens is 2. The molecule has 17 heavy (non-hydrogen) atoms. The van der Waals surface area contributed by atoms with E-state index in [1.807, 2.05) is 19.1 Å². The summed E-state index contributed by atoms with van der Waals surface area (Å²) >= 11 is 0. The molecule has 3 N–H and O–H groups in total. The van der Waals surface area contributed by atoms with Gasteiger partial charge in [0.1, 0.15) is 5.82 Å². The Balaban J connectivity index is 2.07. The molecule has 1 heterocycles. The number of aryl methyl sites for hydroxylation is 2. The van der Waals surface area contributed by atoms with Crippen LogP contribution in [0.25, 0.3) is 0 Å². The highest BCUT2D eigenvalue weighted by Gasteiger charge is 1.99. The van der Waals surface area contributed by atoms with E-state index in [0.29, 0.717) is 5.95 Å². The molecule has 0 aliphatic rings. The van der Waals surface area contributed by atoms with Crippen molar-refractivity contribution in [2.24, 2.45) is 0 Å². The summed E-state index contributed by atoms with van der Waals surface area (Å²) in [6.07, 6.45) is 0. The van der Waals surface area contributed by atoms with Crippen LogP contribution in [0.3, 0.4) is 0 Å². The van der Waals surface area contributed by atoms with Gasteiger partial charge in [0, 0.05) is 18.3 Å². The summed E-state index contributed by atoms with van der Waals surface area (Å²) in [4.78, 5) is 8.16. The van der Waals surface area contributed by atoms with Crippen LogP contribution in [0.1, 0.15) is 16.8 Å². The molecule has 4 nitrogen and oxygen atoms in total. The van der Waals surface area contributed by atoms with Crippen molar-refractivity contribution in [3.8, 4) is 0 Å². The SMILES string of the molecule is Cc1cccc(CNc2cc(C)nc(N)n2)c1. The van der Waals surface area contributed by atoms with E-state index >= 15 is 0 Å². The average Bonchev–Trinajstić information content (AvgIpc) is 2.25. The number of nitrogens with one attached hydrogen (secondary N) is 1. The maximum absolute atomic E-state index is 5.59. The Hall–Kier alpha value is -2.10. The molecule has 0 fully saturated rings. The smallest absolute Gasteiger partial charge is 0.222 e. The van der Waals surface area contributed by atoms with Crippen LogP contribution in [-0.4, -0.2) is 9.97 Å². The van der Waals surface area contributed by atoms with Gasteiger partial charge in [-0.3, -0.25) is 0 Å². The van der Waals surface area contributed by atoms with Crippen LogP contribution >= 0.6 is 0 Å². The normalized spacial score (nSPS) is 10.2. The summed E-state index contributed by atoms with van der Waals surface area (Å²) in [5, 5.41) is 3.24. The van der Waals surface area contributed by atoms with Crippen LogP contribution in [0.15, 0.2) is 30.3 Å². The van der Waals surface area contributed by atoms with Gasteiger partial charge in [0.05, 0.1) is 0 Å². The van der Waals surface area contributed by atoms with Crippen molar-refractivity contribution in [3.63, 3.8) is 0 Å². The van der Waals surface area contributed by atoms with Gasteiger partial charge in [0.25, 0.3) is 0 Å². The Morgan fingerprint density at radius 3 is 2.71 bits per heavy atom. The molecule has 0 unspecified atom stereocenters. The van der Waals surface area contributed by atoms with E-state index in [1.54, 1.807) is 0 Å². The van der Waals surface area contributed by atoms with Crippen molar-refractivity contribution < 1.29 is 0 Å². The van der Waals surface area contributed by atoms with Gasteiger partial charge in [-0.25, -0.2) is 4.98 Å². The first-order valence-electron chi connectivity index (χ1n) is 5.54. The number of nitrogen functional groups attached to an aromatic ring is 1. The fraction of sp³-hybridized carbons (Fsp3) is 0.231. The Labute approximate surface area is 101 Å². The topological polar surface area (TPSA) is 63.8 Å². The van der Waals surface area contributed by atoms with Crippen molar-refractivity contribution in [1.29, 1.82) is 0 Å². The molecular formula is C13H16N4. The average molecular weight is 228 g/mol. The minimum absolute atomic E-state index is 0.303. The zero-order chi connectivity index (χ0) is 12.3. The summed E-state index contributed by atoms with van der Waals surface area (Å²) in [7, 11) is 0. The molecule has 0 atom stereocenters. The lowest BCUT2D eigenvalue weighted by atomic mass is 10.1. The number of nitrogens with two attached hydrogens (primary N) is 1. The van der Waals surface area contributed by atoms with Gasteiger partial charge >= 0.3 is 0 Å². The fourth-order valence-corrected chi connectivity index (χ4v) is 1.70. The number of nitrogens with zero attached hydrogens (tertiary/aromatic N) is 2. The predicted octanol–water partition coefficient (Wildman–Crippen LogP) is 2.29. The first kappa shape index (κ1) is 11.4. The molecule has 0 spiro atoms. The Kier molecular flexibility index (Phi) is 3.23. The molecule has 0 aliphatic heterocycles. The van der Waals surface area contributed by atoms with E-state index in [2.05, 4.69) is 40.4 Å². The Morgan fingerprint density at radius 2 is 2.00 bits per heavy atom. The molecular weight excluding hydrogens is 212 g/mol. The van der Waals surface area contributed by atoms with E-state index in [-0.39, 0.29) is 0 Å². The molecule has 2 aromatic rings. The molecule has 0 amide bonds. The highest BCUT2D eigenvalue weighted by Crippen LogP contribution is 2.10. The highest BCUT2D eigenvalue weighted by molar-refractivity contribution is 5.41. The molecule has 2 rings (SSSR count). The summed E-state index contributed by atoms with van der Waals surface area (Å²) < 4.78 is 0. The number of hydrogen-bond donors (Lipinski definition) is 2. The maximum atomic E-state index is 5.59.